The smallest absolute Gasteiger partial charge is 0.316 e. The number of aromatic nitrogens is 5. The van der Waals surface area contributed by atoms with Crippen molar-refractivity contribution in [3.05, 3.63) is 36.7 Å². The molecule has 0 N–H and O–H groups in total. The molecule has 36 heavy (non-hydrogen) atoms. The molecule has 1 amide bonds. The number of alkyl halides is 5. The number of rotatable bonds is 6. The fourth-order valence-electron chi connectivity index (χ4n) is 3.52. The Labute approximate surface area is 201 Å². The first kappa shape index (κ1) is 25.5. The summed E-state index contributed by atoms with van der Waals surface area (Å²) in [7, 11) is -2.32. The molecule has 0 saturated heterocycles. The SMILES string of the molecule is CCS(=O)(=O)c1c2ccc(N(C)C(C)=O)cc2nn1-c1cc2cnn(CC(F)(F)C(F)(F)F)c2cn1. The number of hydrogen-bond donors (Lipinski definition) is 0. The van der Waals surface area contributed by atoms with Crippen LogP contribution < -0.4 is 4.90 Å². The van der Waals surface area contributed by atoms with E-state index in [2.05, 4.69) is 15.2 Å². The lowest BCUT2D eigenvalue weighted by Crippen LogP contribution is -2.40. The van der Waals surface area contributed by atoms with E-state index in [9.17, 15) is 35.2 Å². The first-order valence-corrected chi connectivity index (χ1v) is 12.1. The second-order valence-electron chi connectivity index (χ2n) is 8.01. The van der Waals surface area contributed by atoms with Gasteiger partial charge < -0.3 is 4.90 Å². The zero-order valence-corrected chi connectivity index (χ0v) is 19.9. The van der Waals surface area contributed by atoms with E-state index >= 15 is 0 Å². The van der Waals surface area contributed by atoms with E-state index in [1.54, 1.807) is 13.1 Å². The summed E-state index contributed by atoms with van der Waals surface area (Å²) in [6.07, 6.45) is -3.66. The van der Waals surface area contributed by atoms with E-state index in [4.69, 9.17) is 0 Å². The maximum atomic E-state index is 13.5. The van der Waals surface area contributed by atoms with Crippen molar-refractivity contribution in [2.24, 2.45) is 0 Å². The summed E-state index contributed by atoms with van der Waals surface area (Å²) in [5, 5.41) is 8.19. The molecule has 4 rings (SSSR count). The first-order valence-electron chi connectivity index (χ1n) is 10.4. The lowest BCUT2D eigenvalue weighted by Gasteiger charge is -2.19. The van der Waals surface area contributed by atoms with Crippen LogP contribution in [0.25, 0.3) is 27.6 Å². The Morgan fingerprint density at radius 2 is 1.81 bits per heavy atom. The monoisotopic (exact) mass is 530 g/mol. The van der Waals surface area contributed by atoms with Gasteiger partial charge in [-0.25, -0.2) is 18.1 Å². The van der Waals surface area contributed by atoms with Gasteiger partial charge >= 0.3 is 12.1 Å². The second kappa shape index (κ2) is 8.50. The van der Waals surface area contributed by atoms with Crippen LogP contribution in [-0.2, 0) is 21.2 Å². The summed E-state index contributed by atoms with van der Waals surface area (Å²) in [4.78, 5) is 17.2. The van der Waals surface area contributed by atoms with Crippen LogP contribution in [0, 0.1) is 0 Å². The summed E-state index contributed by atoms with van der Waals surface area (Å²) in [5.74, 6) is -5.56. The van der Waals surface area contributed by atoms with Gasteiger partial charge in [0.2, 0.25) is 5.91 Å². The molecule has 0 saturated carbocycles. The molecule has 0 atom stereocenters. The standard InChI is InChI=1S/C21H19F5N6O3S/c1-4-36(34,35)19-15-6-5-14(30(3)12(2)33)8-16(15)29-32(19)18-7-13-9-28-31(17(13)10-27-18)11-20(22,23)21(24,25)26/h5-10H,4,11H2,1-3H3. The van der Waals surface area contributed by atoms with E-state index in [1.165, 1.54) is 36.9 Å². The Kier molecular flexibility index (Phi) is 6.01. The maximum Gasteiger partial charge on any atom is 0.455 e. The van der Waals surface area contributed by atoms with E-state index in [0.717, 1.165) is 17.1 Å². The third kappa shape index (κ3) is 4.27. The number of anilines is 1. The predicted molar refractivity (Wildman–Crippen MR) is 120 cm³/mol. The number of hydrogen-bond acceptors (Lipinski definition) is 6. The van der Waals surface area contributed by atoms with Gasteiger partial charge in [-0.2, -0.15) is 32.1 Å². The zero-order chi connectivity index (χ0) is 26.6. The molecule has 1 aromatic carbocycles. The van der Waals surface area contributed by atoms with Crippen molar-refractivity contribution in [3.8, 4) is 5.82 Å². The van der Waals surface area contributed by atoms with Crippen molar-refractivity contribution in [2.75, 3.05) is 17.7 Å². The molecule has 0 aliphatic rings. The van der Waals surface area contributed by atoms with E-state index < -0.39 is 28.5 Å². The van der Waals surface area contributed by atoms with Gasteiger partial charge in [-0.1, -0.05) is 6.92 Å². The molecular weight excluding hydrogens is 511 g/mol. The molecule has 0 radical (unpaired) electrons. The minimum atomic E-state index is -5.76. The number of nitrogens with zero attached hydrogens (tertiary/aromatic N) is 6. The van der Waals surface area contributed by atoms with Gasteiger partial charge in [0.1, 0.15) is 6.54 Å². The van der Waals surface area contributed by atoms with Gasteiger partial charge in [-0.05, 0) is 24.3 Å². The fourth-order valence-corrected chi connectivity index (χ4v) is 4.70. The Morgan fingerprint density at radius 1 is 1.11 bits per heavy atom. The van der Waals surface area contributed by atoms with Gasteiger partial charge in [0.15, 0.2) is 20.7 Å². The number of carbonyl (C=O) groups excluding carboxylic acids is 1. The van der Waals surface area contributed by atoms with Gasteiger partial charge in [-0.15, -0.1) is 0 Å². The van der Waals surface area contributed by atoms with Crippen LogP contribution in [0.2, 0.25) is 0 Å². The Balaban J connectivity index is 1.86. The number of pyridine rings is 1. The first-order chi connectivity index (χ1) is 16.7. The molecule has 15 heteroatoms. The van der Waals surface area contributed by atoms with Crippen LogP contribution in [0.4, 0.5) is 27.6 Å². The highest BCUT2D eigenvalue weighted by atomic mass is 32.2. The normalized spacial score (nSPS) is 13.0. The molecule has 0 fully saturated rings. The van der Waals surface area contributed by atoms with Gasteiger partial charge in [0.05, 0.1) is 29.2 Å². The van der Waals surface area contributed by atoms with Crippen molar-refractivity contribution in [3.63, 3.8) is 0 Å². The Morgan fingerprint density at radius 3 is 2.42 bits per heavy atom. The van der Waals surface area contributed by atoms with Crippen molar-refractivity contribution < 1.29 is 35.2 Å². The van der Waals surface area contributed by atoms with Crippen LogP contribution >= 0.6 is 0 Å². The number of carbonyl (C=O) groups is 1. The van der Waals surface area contributed by atoms with Crippen molar-refractivity contribution in [1.82, 2.24) is 24.5 Å². The minimum absolute atomic E-state index is 0.0191. The molecule has 3 aromatic heterocycles. The fraction of sp³-hybridized carbons (Fsp3) is 0.333. The number of sulfone groups is 1. The molecule has 0 spiro atoms. The molecule has 3 heterocycles. The maximum absolute atomic E-state index is 13.5. The van der Waals surface area contributed by atoms with Crippen LogP contribution in [0.3, 0.4) is 0 Å². The highest BCUT2D eigenvalue weighted by molar-refractivity contribution is 7.91. The van der Waals surface area contributed by atoms with Crippen molar-refractivity contribution in [1.29, 1.82) is 0 Å². The molecule has 4 aromatic rings. The number of fused-ring (bicyclic) bond motifs is 2. The topological polar surface area (TPSA) is 103 Å². The van der Waals surface area contributed by atoms with Crippen LogP contribution in [0.5, 0.6) is 0 Å². The summed E-state index contributed by atoms with van der Waals surface area (Å²) < 4.78 is 92.4. The van der Waals surface area contributed by atoms with Crippen molar-refractivity contribution in [2.45, 2.75) is 37.5 Å². The van der Waals surface area contributed by atoms with Gasteiger partial charge in [0, 0.05) is 30.4 Å². The largest absolute Gasteiger partial charge is 0.455 e. The average molecular weight is 530 g/mol. The predicted octanol–water partition coefficient (Wildman–Crippen LogP) is 3.74. The quantitative estimate of drug-likeness (QED) is 0.352. The summed E-state index contributed by atoms with van der Waals surface area (Å²) >= 11 is 0. The highest BCUT2D eigenvalue weighted by Crippen LogP contribution is 2.37. The van der Waals surface area contributed by atoms with E-state index in [1.807, 2.05) is 0 Å². The summed E-state index contributed by atoms with van der Waals surface area (Å²) in [6, 6.07) is 5.88. The number of halogens is 5. The Bertz CT molecular complexity index is 1590. The van der Waals surface area contributed by atoms with Crippen molar-refractivity contribution >= 4 is 43.2 Å². The minimum Gasteiger partial charge on any atom is -0.316 e. The zero-order valence-electron chi connectivity index (χ0n) is 19.1. The molecule has 0 bridgehead atoms. The molecule has 0 aliphatic heterocycles. The van der Waals surface area contributed by atoms with E-state index in [0.29, 0.717) is 10.4 Å². The third-order valence-electron chi connectivity index (χ3n) is 5.64. The van der Waals surface area contributed by atoms with Gasteiger partial charge in [-0.3, -0.25) is 9.48 Å². The van der Waals surface area contributed by atoms with Crippen LogP contribution in [0.15, 0.2) is 41.7 Å². The Hall–Kier alpha value is -3.62. The number of benzene rings is 1. The van der Waals surface area contributed by atoms with E-state index in [-0.39, 0.29) is 44.3 Å². The second-order valence-corrected chi connectivity index (χ2v) is 10.2. The molecule has 0 unspecified atom stereocenters. The highest BCUT2D eigenvalue weighted by Gasteiger charge is 2.57. The molecule has 9 nitrogen and oxygen atoms in total. The average Bonchev–Trinajstić information content (AvgIpc) is 3.38. The molecule has 0 aliphatic carbocycles. The summed E-state index contributed by atoms with van der Waals surface area (Å²) in [5.41, 5.74) is 0.607. The summed E-state index contributed by atoms with van der Waals surface area (Å²) in [6.45, 7) is 1.06. The van der Waals surface area contributed by atoms with Gasteiger partial charge in [0.25, 0.3) is 0 Å². The lowest BCUT2D eigenvalue weighted by atomic mass is 10.2. The molecule has 192 valence electrons. The van der Waals surface area contributed by atoms with Crippen LogP contribution in [-0.4, -0.2) is 63.8 Å². The number of amides is 1. The van der Waals surface area contributed by atoms with Crippen LogP contribution in [0.1, 0.15) is 13.8 Å². The molecular formula is C21H19F5N6O3S. The lowest BCUT2D eigenvalue weighted by molar-refractivity contribution is -0.287. The third-order valence-corrected chi connectivity index (χ3v) is 7.38.